The van der Waals surface area contributed by atoms with Crippen molar-refractivity contribution in [2.75, 3.05) is 72.7 Å². The van der Waals surface area contributed by atoms with Crippen LogP contribution in [0.25, 0.3) is 0 Å². The number of aliphatic hydroxyl groups is 28. The molecule has 9 aliphatic heterocycles. The summed E-state index contributed by atoms with van der Waals surface area (Å²) in [5, 5.41) is 340. The minimum Gasteiger partial charge on any atom is -0.477 e. The van der Waals surface area contributed by atoms with Crippen LogP contribution in [0.1, 0.15) is 48.0 Å². The number of nitrogens with one attached hydrogen (secondary N) is 6. The molecule has 9 fully saturated rings. The third-order valence-electron chi connectivity index (χ3n) is 23.9. The van der Waals surface area contributed by atoms with Gasteiger partial charge in [0.05, 0.1) is 90.9 Å². The Morgan fingerprint density at radius 2 is 0.704 bits per heavy atom. The Balaban J connectivity index is 1.13. The molecule has 0 aromatic heterocycles. The van der Waals surface area contributed by atoms with Crippen molar-refractivity contribution in [2.45, 2.75) is 354 Å². The first-order chi connectivity index (χ1) is 63.6. The number of carboxylic acid groups (broad SMARTS) is 1. The minimum atomic E-state index is -3.15. The zero-order valence-corrected chi connectivity index (χ0v) is 73.0. The van der Waals surface area contributed by atoms with Crippen molar-refractivity contribution in [3.63, 3.8) is 0 Å². The van der Waals surface area contributed by atoms with Crippen molar-refractivity contribution in [1.29, 1.82) is 0 Å². The third kappa shape index (κ3) is 26.3. The van der Waals surface area contributed by atoms with Gasteiger partial charge in [-0.2, -0.15) is 0 Å². The van der Waals surface area contributed by atoms with Gasteiger partial charge in [-0.05, 0) is 0 Å². The fourth-order valence-electron chi connectivity index (χ4n) is 16.9. The number of aliphatic carboxylic acids is 1. The summed E-state index contributed by atoms with van der Waals surface area (Å²) < 4.78 is 109. The maximum Gasteiger partial charge on any atom is 0.364 e. The van der Waals surface area contributed by atoms with E-state index in [1.807, 2.05) is 0 Å². The molecule has 0 radical (unpaired) electrons. The van der Waals surface area contributed by atoms with Crippen molar-refractivity contribution >= 4 is 41.4 Å². The largest absolute Gasteiger partial charge is 0.477 e. The quantitative estimate of drug-likeness (QED) is 0.0270. The van der Waals surface area contributed by atoms with E-state index in [-0.39, 0.29) is 0 Å². The van der Waals surface area contributed by atoms with Crippen LogP contribution in [-0.4, -0.2) is 568 Å². The van der Waals surface area contributed by atoms with Gasteiger partial charge in [0.1, 0.15) is 232 Å². The number of hydrogen-bond donors (Lipinski definition) is 35. The number of carbonyl (C=O) groups excluding carboxylic acids is 6. The van der Waals surface area contributed by atoms with E-state index in [4.69, 9.17) is 85.3 Å². The average molecular weight is 1980 g/mol. The van der Waals surface area contributed by atoms with Crippen LogP contribution in [0.15, 0.2) is 0 Å². The molecule has 60 nitrogen and oxygen atoms in total. The molecule has 9 rings (SSSR count). The Morgan fingerprint density at radius 1 is 0.333 bits per heavy atom. The summed E-state index contributed by atoms with van der Waals surface area (Å²) in [7, 11) is 0. The molecular weight excluding hydrogens is 1850 g/mol. The summed E-state index contributed by atoms with van der Waals surface area (Å²) in [5.41, 5.74) is 0. The van der Waals surface area contributed by atoms with E-state index in [1.54, 1.807) is 0 Å². The molecule has 0 bridgehead atoms. The summed E-state index contributed by atoms with van der Waals surface area (Å²) in [6.07, 6.45) is -99.0. The van der Waals surface area contributed by atoms with Crippen molar-refractivity contribution in [3.05, 3.63) is 0 Å². The lowest BCUT2D eigenvalue weighted by atomic mass is 9.88. The first kappa shape index (κ1) is 113. The average Bonchev–Trinajstić information content (AvgIpc) is 0.766. The van der Waals surface area contributed by atoms with Crippen molar-refractivity contribution in [2.24, 2.45) is 0 Å². The van der Waals surface area contributed by atoms with Gasteiger partial charge < -0.3 is 265 Å². The fourth-order valence-corrected chi connectivity index (χ4v) is 16.9. The van der Waals surface area contributed by atoms with Gasteiger partial charge in [0, 0.05) is 48.0 Å². The highest BCUT2D eigenvalue weighted by Gasteiger charge is 2.63. The summed E-state index contributed by atoms with van der Waals surface area (Å²) in [4.78, 5) is 90.4. The summed E-state index contributed by atoms with van der Waals surface area (Å²) >= 11 is 0. The van der Waals surface area contributed by atoms with E-state index in [9.17, 15) is 182 Å². The Labute approximate surface area is 764 Å². The lowest BCUT2D eigenvalue weighted by molar-refractivity contribution is -0.407. The van der Waals surface area contributed by atoms with Crippen LogP contribution < -0.4 is 31.9 Å². The Hall–Kier alpha value is -5.55. The molecule has 0 aliphatic carbocycles. The second-order valence-corrected chi connectivity index (χ2v) is 33.7. The zero-order valence-electron chi connectivity index (χ0n) is 73.0. The summed E-state index contributed by atoms with van der Waals surface area (Å²) in [5.74, 6) is -11.1. The number of carboxylic acids is 1. The van der Waals surface area contributed by atoms with Crippen LogP contribution in [0.5, 0.6) is 0 Å². The molecule has 9 heterocycles. The molecule has 60 heteroatoms. The van der Waals surface area contributed by atoms with Crippen LogP contribution >= 0.6 is 0 Å². The summed E-state index contributed by atoms with van der Waals surface area (Å²) in [6.45, 7) is -8.19. The molecule has 780 valence electrons. The molecule has 50 atom stereocenters. The Kier molecular flexibility index (Phi) is 41.8. The fraction of sp³-hybridized carbons (Fsp3) is 0.907. The lowest BCUT2D eigenvalue weighted by Gasteiger charge is -2.52. The van der Waals surface area contributed by atoms with Gasteiger partial charge in [-0.25, -0.2) is 4.79 Å². The number of amides is 6. The standard InChI is InChI=1S/C75H126N6O54/c1-19(91)76-25(8-82)42(100)58(28(99)10-84)128-68-40(80-23(5)95)52(110)60(34(16-90)124-68)130-72-57(115)64(61(131-66-38(78-21(3)93)49(107)44(102)29(11-85)120-66)36(127-72)17-118-70-56(114)63(48(106)32(14-88)121-70)132-71-55(113)53(111)45(103)30(12-86)122-71)133-73-65(54(112)46(104)31(13-87)123-73)134-69-41(81-24(6)96)51(109)59(33(15-89)125-69)129-67-39(79-22(4)94)50(108)47(105)35(126-67)18-119-75(74(116)117)7-26(97)37(77-20(2)92)62(135-75)43(101)27(98)9-83/h25-73,82-90,97-115H,7-18H2,1-6H3,(H,76,91)(H,77,92)(H,78,93)(H,79,94)(H,80,95)(H,81,96)(H,116,117)/t25-,26-,27+,28+,29+,30+,31+,32+,33+,34+,35+,36+,37+,38+,39+,40+,41+,42+,43+,44+,45+,46+,47-,48+,49+,50+,51+,52+,53-,54-,55-,56-,57-,58+,59+,60+,61+,62+,63-,64+,65-,66-,67-,68-,69-,70-,71+,72-,73+,75+/m0/s1. The number of carbonyl (C=O) groups is 7. The van der Waals surface area contributed by atoms with Gasteiger partial charge in [0.2, 0.25) is 35.4 Å². The van der Waals surface area contributed by atoms with Gasteiger partial charge >= 0.3 is 5.97 Å². The highest BCUT2D eigenvalue weighted by atomic mass is 16.8. The molecule has 0 spiro atoms. The van der Waals surface area contributed by atoms with Crippen molar-refractivity contribution < 1.29 is 267 Å². The lowest BCUT2D eigenvalue weighted by Crippen LogP contribution is -2.71. The maximum atomic E-state index is 13.5. The predicted molar refractivity (Wildman–Crippen MR) is 419 cm³/mol. The van der Waals surface area contributed by atoms with Crippen LogP contribution in [0.3, 0.4) is 0 Å². The van der Waals surface area contributed by atoms with E-state index in [2.05, 4.69) is 31.9 Å². The molecule has 6 amide bonds. The molecule has 35 N–H and O–H groups in total. The number of rotatable bonds is 41. The normalized spacial score (nSPS) is 43.9. The number of hydrogen-bond acceptors (Lipinski definition) is 53. The molecule has 0 aromatic carbocycles. The highest BCUT2D eigenvalue weighted by molar-refractivity contribution is 5.77. The van der Waals surface area contributed by atoms with Gasteiger partial charge in [0.25, 0.3) is 5.79 Å². The third-order valence-corrected chi connectivity index (χ3v) is 23.9. The van der Waals surface area contributed by atoms with Crippen LogP contribution in [-0.2, 0) is 119 Å². The van der Waals surface area contributed by atoms with Crippen molar-refractivity contribution in [1.82, 2.24) is 31.9 Å². The first-order valence-electron chi connectivity index (χ1n) is 42.7. The molecule has 9 saturated heterocycles. The Morgan fingerprint density at radius 3 is 1.19 bits per heavy atom. The highest BCUT2D eigenvalue weighted by Crippen LogP contribution is 2.42. The van der Waals surface area contributed by atoms with Gasteiger partial charge in [-0.3, -0.25) is 28.8 Å². The van der Waals surface area contributed by atoms with Gasteiger partial charge in [-0.15, -0.1) is 0 Å². The second-order valence-electron chi connectivity index (χ2n) is 33.7. The molecule has 135 heavy (non-hydrogen) atoms. The van der Waals surface area contributed by atoms with Crippen LogP contribution in [0.4, 0.5) is 0 Å². The second kappa shape index (κ2) is 49.9. The van der Waals surface area contributed by atoms with Gasteiger partial charge in [0.15, 0.2) is 50.3 Å². The summed E-state index contributed by atoms with van der Waals surface area (Å²) in [6, 6.07) is -11.8. The molecule has 9 aliphatic rings. The van der Waals surface area contributed by atoms with E-state index >= 15 is 0 Å². The Bertz CT molecular complexity index is 3760. The van der Waals surface area contributed by atoms with E-state index in [0.29, 0.717) is 0 Å². The SMILES string of the molecule is CC(=O)N[C@H]1[C@H](O[C@@H]([C@H](O)[C@H](CO)NC(C)=O)[C@H](O)CO)O[C@H](CO)[C@@H](O[C@@H]2O[C@H](CO[C@H]3O[C@H](CO)[C@@H](O)[C@H](O[C@H]4O[C@H](CO)[C@@H](O)[C@H](O)[C@@H]4O)[C@@H]3O)[C@@H](O[C@@H]3O[C@H](CO)[C@@H](O)[C@H](O)[C@H]3NC(C)=O)[C@H](O[C@H]3O[C@H](CO)[C@@H](O)[C@H](O)[C@@H]3O[C@@H]3O[C@H](CO)[C@@H](O[C@@H]4O[C@H](CO[C@]5(C(=O)O)C[C@H](O)[C@@H](NC(C)=O)[C@H]([C@H](O)[C@H](O)CO)O5)[C@H](O)[C@H](O)[C@H]4NC(C)=O)[C@H](O)[C@H]3NC(C)=O)[C@@H]2O)[C@@H]1O. The smallest absolute Gasteiger partial charge is 0.364 e. The van der Waals surface area contributed by atoms with Gasteiger partial charge in [-0.1, -0.05) is 0 Å². The zero-order chi connectivity index (χ0) is 100. The monoisotopic (exact) mass is 1970 g/mol. The minimum absolute atomic E-state index is 0.838. The molecule has 0 aromatic rings. The first-order valence-corrected chi connectivity index (χ1v) is 42.7. The number of ether oxygens (including phenoxy) is 18. The van der Waals surface area contributed by atoms with E-state index < -0.39 is 427 Å². The van der Waals surface area contributed by atoms with Crippen molar-refractivity contribution in [3.8, 4) is 0 Å². The van der Waals surface area contributed by atoms with Crippen LogP contribution in [0, 0.1) is 0 Å². The maximum absolute atomic E-state index is 13.5. The molecule has 0 saturated carbocycles. The predicted octanol–water partition coefficient (Wildman–Crippen LogP) is -23.1. The van der Waals surface area contributed by atoms with E-state index in [1.165, 1.54) is 0 Å². The molecule has 0 unspecified atom stereocenters. The van der Waals surface area contributed by atoms with Crippen LogP contribution in [0.2, 0.25) is 0 Å². The number of aliphatic hydroxyl groups excluding tert-OH is 28. The van der Waals surface area contributed by atoms with E-state index in [0.717, 1.165) is 41.5 Å². The molecular formula is C75H126N6O54. The topological polar surface area (TPSA) is 944 Å².